The molecule has 0 saturated heterocycles. The fraction of sp³-hybridized carbons (Fsp3) is 0. The van der Waals surface area contributed by atoms with Gasteiger partial charge >= 0.3 is 6.08 Å². The van der Waals surface area contributed by atoms with Crippen molar-refractivity contribution in [1.82, 2.24) is 15.0 Å². The number of hydrogen-bond donors (Lipinski definition) is 0. The van der Waals surface area contributed by atoms with Crippen LogP contribution in [0.1, 0.15) is 0 Å². The van der Waals surface area contributed by atoms with E-state index in [1.807, 2.05) is 6.33 Å². The largest absolute Gasteiger partial charge is 0.313 e. The van der Waals surface area contributed by atoms with Crippen LogP contribution < -0.4 is 0 Å². The second-order valence-electron chi connectivity index (χ2n) is 3.26. The van der Waals surface area contributed by atoms with Crippen molar-refractivity contribution in [2.45, 2.75) is 10.1 Å². The minimum atomic E-state index is -1.08. The number of aromatic nitrogens is 3. The molecular formula is C9H3FN5O4S. The Morgan fingerprint density at radius 1 is 1.20 bits per heavy atom. The molecular weight excluding hydrogens is 293 g/mol. The number of hydrogen-bond acceptors (Lipinski definition) is 8. The van der Waals surface area contributed by atoms with Crippen LogP contribution in [0.25, 0.3) is 0 Å². The van der Waals surface area contributed by atoms with E-state index >= 15 is 0 Å². The summed E-state index contributed by atoms with van der Waals surface area (Å²) >= 11 is 0.679. The number of non-ortho nitro benzene ring substituents is 1. The third-order valence-electron chi connectivity index (χ3n) is 2.03. The Balaban J connectivity index is 2.41. The molecule has 0 spiro atoms. The molecule has 0 aliphatic carbocycles. The van der Waals surface area contributed by atoms with E-state index in [4.69, 9.17) is 0 Å². The molecule has 2 rings (SSSR count). The predicted octanol–water partition coefficient (Wildman–Crippen LogP) is 1.78. The molecule has 0 bridgehead atoms. The molecule has 1 radical (unpaired) electrons. The van der Waals surface area contributed by atoms with E-state index in [1.165, 1.54) is 6.07 Å². The molecule has 1 aromatic heterocycles. The van der Waals surface area contributed by atoms with Gasteiger partial charge in [-0.15, -0.1) is 0 Å². The fourth-order valence-electron chi connectivity index (χ4n) is 1.23. The summed E-state index contributed by atoms with van der Waals surface area (Å²) in [5, 5.41) is 21.3. The van der Waals surface area contributed by atoms with Crippen molar-refractivity contribution in [2.75, 3.05) is 0 Å². The Morgan fingerprint density at radius 3 is 2.55 bits per heavy atom. The van der Waals surface area contributed by atoms with E-state index in [0.29, 0.717) is 11.8 Å². The van der Waals surface area contributed by atoms with Crippen molar-refractivity contribution in [3.05, 3.63) is 50.8 Å². The van der Waals surface area contributed by atoms with E-state index in [-0.39, 0.29) is 10.1 Å². The van der Waals surface area contributed by atoms with Gasteiger partial charge in [-0.3, -0.25) is 20.2 Å². The van der Waals surface area contributed by atoms with Gasteiger partial charge in [-0.2, -0.15) is 19.3 Å². The van der Waals surface area contributed by atoms with E-state index < -0.39 is 27.3 Å². The number of nitro groups is 2. The van der Waals surface area contributed by atoms with Gasteiger partial charge in [0.15, 0.2) is 5.16 Å². The average molecular weight is 296 g/mol. The number of rotatable bonds is 4. The molecule has 0 unspecified atom stereocenters. The standard InChI is InChI=1S/C9H3FN5O4S/c10-8-11-4-12-9(13-8)20-7-2-1-5(14(16)17)3-6(7)15(18)19/h1-3H. The van der Waals surface area contributed by atoms with Crippen molar-refractivity contribution in [3.8, 4) is 0 Å². The molecule has 11 heteroatoms. The maximum Gasteiger partial charge on any atom is 0.313 e. The Morgan fingerprint density at radius 2 is 1.95 bits per heavy atom. The van der Waals surface area contributed by atoms with Crippen LogP contribution in [0.3, 0.4) is 0 Å². The summed E-state index contributed by atoms with van der Waals surface area (Å²) in [6.45, 7) is 0. The van der Waals surface area contributed by atoms with Gasteiger partial charge in [-0.1, -0.05) is 0 Å². The van der Waals surface area contributed by atoms with Crippen molar-refractivity contribution in [3.63, 3.8) is 0 Å². The molecule has 0 amide bonds. The van der Waals surface area contributed by atoms with E-state index in [2.05, 4.69) is 15.0 Å². The second-order valence-corrected chi connectivity index (χ2v) is 4.26. The zero-order valence-corrected chi connectivity index (χ0v) is 10.2. The monoisotopic (exact) mass is 296 g/mol. The number of nitro benzene ring substituents is 2. The highest BCUT2D eigenvalue weighted by atomic mass is 32.2. The van der Waals surface area contributed by atoms with Crippen LogP contribution >= 0.6 is 11.8 Å². The Hall–Kier alpha value is -2.69. The predicted molar refractivity (Wildman–Crippen MR) is 62.5 cm³/mol. The molecule has 0 aliphatic heterocycles. The van der Waals surface area contributed by atoms with Gasteiger partial charge < -0.3 is 0 Å². The first-order chi connectivity index (χ1) is 9.47. The maximum absolute atomic E-state index is 12.8. The van der Waals surface area contributed by atoms with Crippen LogP contribution in [-0.4, -0.2) is 24.8 Å². The quantitative estimate of drug-likeness (QED) is 0.617. The van der Waals surface area contributed by atoms with Crippen LogP contribution in [-0.2, 0) is 0 Å². The lowest BCUT2D eigenvalue weighted by atomic mass is 10.3. The summed E-state index contributed by atoms with van der Waals surface area (Å²) in [5.74, 6) is 0. The molecule has 1 aromatic carbocycles. The topological polar surface area (TPSA) is 125 Å². The van der Waals surface area contributed by atoms with Crippen LogP contribution in [0.2, 0.25) is 0 Å². The van der Waals surface area contributed by atoms with Gasteiger partial charge in [-0.25, -0.2) is 0 Å². The lowest BCUT2D eigenvalue weighted by Gasteiger charge is -2.01. The minimum Gasteiger partial charge on any atom is -0.258 e. The number of benzene rings is 1. The van der Waals surface area contributed by atoms with E-state index in [0.717, 1.165) is 12.1 Å². The van der Waals surface area contributed by atoms with Crippen LogP contribution in [0, 0.1) is 32.6 Å². The molecule has 101 valence electrons. The average Bonchev–Trinajstić information content (AvgIpc) is 2.38. The molecule has 0 N–H and O–H groups in total. The second kappa shape index (κ2) is 5.52. The molecule has 0 atom stereocenters. The molecule has 20 heavy (non-hydrogen) atoms. The number of halogens is 1. The van der Waals surface area contributed by atoms with Gasteiger partial charge in [0.2, 0.25) is 6.33 Å². The van der Waals surface area contributed by atoms with Crippen molar-refractivity contribution < 1.29 is 14.2 Å². The fourth-order valence-corrected chi connectivity index (χ4v) is 2.01. The van der Waals surface area contributed by atoms with Gasteiger partial charge in [0, 0.05) is 6.07 Å². The molecule has 9 nitrogen and oxygen atoms in total. The Kier molecular flexibility index (Phi) is 3.79. The molecule has 1 heterocycles. The van der Waals surface area contributed by atoms with Crippen molar-refractivity contribution in [2.24, 2.45) is 0 Å². The summed E-state index contributed by atoms with van der Waals surface area (Å²) in [6, 6.07) is 3.07. The lowest BCUT2D eigenvalue weighted by Crippen LogP contribution is -1.97. The first kappa shape index (κ1) is 13.7. The van der Waals surface area contributed by atoms with Gasteiger partial charge in [0.05, 0.1) is 20.8 Å². The first-order valence-corrected chi connectivity index (χ1v) is 5.67. The van der Waals surface area contributed by atoms with Crippen molar-refractivity contribution in [1.29, 1.82) is 0 Å². The molecule has 0 aliphatic rings. The maximum atomic E-state index is 12.8. The third-order valence-corrected chi connectivity index (χ3v) is 2.96. The highest BCUT2D eigenvalue weighted by Gasteiger charge is 2.21. The Bertz CT molecular complexity index is 698. The molecule has 2 aromatic rings. The smallest absolute Gasteiger partial charge is 0.258 e. The highest BCUT2D eigenvalue weighted by Crippen LogP contribution is 2.35. The first-order valence-electron chi connectivity index (χ1n) is 4.85. The van der Waals surface area contributed by atoms with Crippen molar-refractivity contribution >= 4 is 23.1 Å². The van der Waals surface area contributed by atoms with Gasteiger partial charge in [0.25, 0.3) is 11.4 Å². The summed E-state index contributed by atoms with van der Waals surface area (Å²) in [7, 11) is 0. The van der Waals surface area contributed by atoms with E-state index in [1.54, 1.807) is 0 Å². The molecule has 0 fully saturated rings. The summed E-state index contributed by atoms with van der Waals surface area (Å²) in [4.78, 5) is 29.8. The summed E-state index contributed by atoms with van der Waals surface area (Å²) < 4.78 is 12.8. The highest BCUT2D eigenvalue weighted by molar-refractivity contribution is 7.99. The number of nitrogens with zero attached hydrogens (tertiary/aromatic N) is 5. The van der Waals surface area contributed by atoms with Crippen LogP contribution in [0.4, 0.5) is 15.8 Å². The third kappa shape index (κ3) is 3.00. The van der Waals surface area contributed by atoms with Gasteiger partial charge in [-0.05, 0) is 17.8 Å². The molecule has 0 saturated carbocycles. The minimum absolute atomic E-state index is 0.0413. The SMILES string of the molecule is O=[N+]([O-])c1ccc(Sc2n[c]nc(F)n2)c([N+](=O)[O-])c1. The zero-order chi connectivity index (χ0) is 14.7. The Labute approximate surface area is 114 Å². The van der Waals surface area contributed by atoms with E-state index in [9.17, 15) is 24.6 Å². The van der Waals surface area contributed by atoms with Crippen LogP contribution in [0.5, 0.6) is 0 Å². The summed E-state index contributed by atoms with van der Waals surface area (Å²) in [6.07, 6.45) is 0.915. The lowest BCUT2D eigenvalue weighted by molar-refractivity contribution is -0.396. The van der Waals surface area contributed by atoms with Crippen LogP contribution in [0.15, 0.2) is 28.3 Å². The van der Waals surface area contributed by atoms with Gasteiger partial charge in [0.1, 0.15) is 0 Å². The normalized spacial score (nSPS) is 10.2. The summed E-state index contributed by atoms with van der Waals surface area (Å²) in [5.41, 5.74) is -0.917. The zero-order valence-electron chi connectivity index (χ0n) is 9.39.